The van der Waals surface area contributed by atoms with Gasteiger partial charge in [-0.15, -0.1) is 0 Å². The van der Waals surface area contributed by atoms with Crippen LogP contribution in [0, 0.1) is 5.85 Å². The Labute approximate surface area is 76.9 Å². The van der Waals surface area contributed by atoms with Gasteiger partial charge in [0.15, 0.2) is 0 Å². The highest BCUT2D eigenvalue weighted by Crippen LogP contribution is 2.47. The molecule has 0 aromatic heterocycles. The lowest BCUT2D eigenvalue weighted by Gasteiger charge is -2.11. The smallest absolute Gasteiger partial charge is 0.364 e. The lowest BCUT2D eigenvalue weighted by atomic mass is 10.7. The first-order valence-electron chi connectivity index (χ1n) is 3.75. The molecule has 6 nitrogen and oxygen atoms in total. The molecule has 7 heteroatoms. The van der Waals surface area contributed by atoms with Crippen molar-refractivity contribution >= 4 is 7.60 Å². The van der Waals surface area contributed by atoms with E-state index in [1.54, 1.807) is 0 Å². The summed E-state index contributed by atoms with van der Waals surface area (Å²) in [5.74, 6) is -0.455. The second-order valence-corrected chi connectivity index (χ2v) is 3.88. The van der Waals surface area contributed by atoms with E-state index in [-0.39, 0.29) is 6.61 Å². The summed E-state index contributed by atoms with van der Waals surface area (Å²) in [5, 5.41) is 0. The topological polar surface area (TPSA) is 85.2 Å². The van der Waals surface area contributed by atoms with Gasteiger partial charge in [0.25, 0.3) is 0 Å². The van der Waals surface area contributed by atoms with Crippen LogP contribution in [0.4, 0.5) is 0 Å². The van der Waals surface area contributed by atoms with Crippen LogP contribution in [0.25, 0.3) is 0 Å². The Morgan fingerprint density at radius 3 is 2.46 bits per heavy atom. The number of ether oxygens (including phenoxy) is 1. The molecule has 0 aliphatic carbocycles. The molecule has 79 valence electrons. The molecule has 0 rings (SSSR count). The van der Waals surface area contributed by atoms with E-state index in [0.717, 1.165) is 6.92 Å². The van der Waals surface area contributed by atoms with Crippen LogP contribution in [0.3, 0.4) is 0 Å². The van der Waals surface area contributed by atoms with Gasteiger partial charge in [0.1, 0.15) is 6.61 Å². The van der Waals surface area contributed by atoms with Gasteiger partial charge in [-0.1, -0.05) is 0 Å². The third kappa shape index (κ3) is 7.13. The van der Waals surface area contributed by atoms with Crippen molar-refractivity contribution in [2.45, 2.75) is 13.8 Å². The molecule has 2 N–H and O–H groups in total. The SMILES string of the molecule is CCOCCOO[C](C)P(=O)(O)O. The summed E-state index contributed by atoms with van der Waals surface area (Å²) in [7, 11) is -4.28. The zero-order chi connectivity index (χ0) is 10.3. The van der Waals surface area contributed by atoms with Gasteiger partial charge in [-0.3, -0.25) is 4.57 Å². The van der Waals surface area contributed by atoms with E-state index in [1.165, 1.54) is 0 Å². The summed E-state index contributed by atoms with van der Waals surface area (Å²) in [5.41, 5.74) is 0. The van der Waals surface area contributed by atoms with E-state index >= 15 is 0 Å². The molecule has 0 saturated carbocycles. The summed E-state index contributed by atoms with van der Waals surface area (Å²) in [6, 6.07) is 0. The minimum atomic E-state index is -4.28. The van der Waals surface area contributed by atoms with E-state index in [9.17, 15) is 4.57 Å². The monoisotopic (exact) mass is 213 g/mol. The average molecular weight is 213 g/mol. The average Bonchev–Trinajstić information content (AvgIpc) is 2.02. The fraction of sp³-hybridized carbons (Fsp3) is 0.833. The minimum Gasteiger partial charge on any atom is -0.379 e. The summed E-state index contributed by atoms with van der Waals surface area (Å²) in [6.07, 6.45) is 0. The molecule has 13 heavy (non-hydrogen) atoms. The summed E-state index contributed by atoms with van der Waals surface area (Å²) in [4.78, 5) is 25.8. The summed E-state index contributed by atoms with van der Waals surface area (Å²) >= 11 is 0. The Morgan fingerprint density at radius 2 is 2.00 bits per heavy atom. The van der Waals surface area contributed by atoms with E-state index in [4.69, 9.17) is 14.5 Å². The zero-order valence-corrected chi connectivity index (χ0v) is 8.49. The standard InChI is InChI=1S/C6H14O6P/c1-3-10-4-5-11-12-6(2)13(7,8)9/h3-5H2,1-2H3,(H2,7,8,9). The quantitative estimate of drug-likeness (QED) is 0.279. The third-order valence-corrected chi connectivity index (χ3v) is 2.00. The lowest BCUT2D eigenvalue weighted by Crippen LogP contribution is -2.07. The second-order valence-electron chi connectivity index (χ2n) is 2.17. The first kappa shape index (κ1) is 13.0. The molecule has 0 aliphatic rings. The molecule has 0 aliphatic heterocycles. The molecule has 0 spiro atoms. The van der Waals surface area contributed by atoms with Crippen molar-refractivity contribution in [2.24, 2.45) is 0 Å². The number of hydrogen-bond donors (Lipinski definition) is 2. The van der Waals surface area contributed by atoms with Crippen molar-refractivity contribution in [3.63, 3.8) is 0 Å². The number of rotatable bonds is 7. The minimum absolute atomic E-state index is 0.130. The molecule has 0 fully saturated rings. The van der Waals surface area contributed by atoms with Gasteiger partial charge in [-0.2, -0.15) is 0 Å². The number of hydrogen-bond acceptors (Lipinski definition) is 4. The van der Waals surface area contributed by atoms with Crippen LogP contribution < -0.4 is 0 Å². The molecular weight excluding hydrogens is 199 g/mol. The van der Waals surface area contributed by atoms with Gasteiger partial charge in [0.2, 0.25) is 5.85 Å². The molecular formula is C6H14O6P. The first-order valence-corrected chi connectivity index (χ1v) is 5.36. The van der Waals surface area contributed by atoms with Gasteiger partial charge in [0, 0.05) is 6.61 Å². The van der Waals surface area contributed by atoms with Gasteiger partial charge in [0.05, 0.1) is 6.61 Å². The van der Waals surface area contributed by atoms with Crippen LogP contribution in [0.5, 0.6) is 0 Å². The summed E-state index contributed by atoms with van der Waals surface area (Å²) < 4.78 is 15.4. The fourth-order valence-corrected chi connectivity index (χ4v) is 0.563. The molecule has 0 saturated heterocycles. The highest BCUT2D eigenvalue weighted by atomic mass is 31.2. The Morgan fingerprint density at radius 1 is 1.38 bits per heavy atom. The van der Waals surface area contributed by atoms with E-state index in [0.29, 0.717) is 13.2 Å². The van der Waals surface area contributed by atoms with Gasteiger partial charge in [-0.25, -0.2) is 9.78 Å². The van der Waals surface area contributed by atoms with E-state index < -0.39 is 13.4 Å². The van der Waals surface area contributed by atoms with Crippen molar-refractivity contribution in [1.29, 1.82) is 0 Å². The molecule has 0 heterocycles. The van der Waals surface area contributed by atoms with E-state index in [1.807, 2.05) is 6.92 Å². The van der Waals surface area contributed by atoms with Crippen molar-refractivity contribution in [2.75, 3.05) is 19.8 Å². The summed E-state index contributed by atoms with van der Waals surface area (Å²) in [6.45, 7) is 4.00. The predicted octanol–water partition coefficient (Wildman–Crippen LogP) is 0.658. The van der Waals surface area contributed by atoms with Crippen LogP contribution >= 0.6 is 7.60 Å². The fourth-order valence-electron chi connectivity index (χ4n) is 0.413. The normalized spacial score (nSPS) is 12.4. The van der Waals surface area contributed by atoms with E-state index in [2.05, 4.69) is 9.78 Å². The van der Waals surface area contributed by atoms with Crippen LogP contribution in [0.15, 0.2) is 0 Å². The maximum Gasteiger partial charge on any atom is 0.364 e. The predicted molar refractivity (Wildman–Crippen MR) is 44.5 cm³/mol. The Hall–Kier alpha value is 0.0300. The van der Waals surface area contributed by atoms with Crippen molar-refractivity contribution in [3.8, 4) is 0 Å². The molecule has 0 unspecified atom stereocenters. The largest absolute Gasteiger partial charge is 0.379 e. The first-order chi connectivity index (χ1) is 5.98. The van der Waals surface area contributed by atoms with Crippen molar-refractivity contribution < 1.29 is 28.9 Å². The van der Waals surface area contributed by atoms with Gasteiger partial charge >= 0.3 is 7.60 Å². The molecule has 0 amide bonds. The van der Waals surface area contributed by atoms with Gasteiger partial charge in [-0.05, 0) is 13.8 Å². The Balaban J connectivity index is 3.38. The molecule has 1 radical (unpaired) electrons. The maximum atomic E-state index is 10.5. The molecule has 0 aromatic rings. The Kier molecular flexibility index (Phi) is 6.49. The van der Waals surface area contributed by atoms with Crippen LogP contribution in [-0.4, -0.2) is 29.6 Å². The van der Waals surface area contributed by atoms with Crippen molar-refractivity contribution in [1.82, 2.24) is 0 Å². The van der Waals surface area contributed by atoms with Crippen LogP contribution in [0.2, 0.25) is 0 Å². The highest BCUT2D eigenvalue weighted by molar-refractivity contribution is 7.54. The molecule has 0 bridgehead atoms. The van der Waals surface area contributed by atoms with Gasteiger partial charge < -0.3 is 14.5 Å². The van der Waals surface area contributed by atoms with Crippen LogP contribution in [-0.2, 0) is 19.1 Å². The van der Waals surface area contributed by atoms with Crippen molar-refractivity contribution in [3.05, 3.63) is 5.85 Å². The third-order valence-electron chi connectivity index (χ3n) is 1.10. The lowest BCUT2D eigenvalue weighted by molar-refractivity contribution is -0.280. The maximum absolute atomic E-state index is 10.5. The van der Waals surface area contributed by atoms with Crippen LogP contribution in [0.1, 0.15) is 13.8 Å². The second kappa shape index (κ2) is 6.48. The Bertz CT molecular complexity index is 167. The molecule has 0 atom stereocenters. The zero-order valence-electron chi connectivity index (χ0n) is 7.60. The molecule has 0 aromatic carbocycles. The highest BCUT2D eigenvalue weighted by Gasteiger charge is 2.27.